The number of carbonyl (C=O) groups excluding carboxylic acids is 1. The third-order valence-electron chi connectivity index (χ3n) is 6.83. The standard InChI is InChI=1S/C13H17N3.C8H16.C5H6N2.C3H7NO2.4C2H6.CH4/c1-10-14-12-7-5-6-11(12)13(15-10)16-8-3-2-4-9-16;1-2-8-6-4-3-5-7-8;1-5-6-3-2-4-7-5;1-2-3(5)4-6;4*1-2;/h5,7H,2-4,6,8-9H2,1H3;8H,2-7H2,1H3;2-4H,1H3;6H,2H2,1H3,(H,4,5);4*1-2H3;1H4. The van der Waals surface area contributed by atoms with Gasteiger partial charge in [0.2, 0.25) is 5.91 Å². The Bertz CT molecular complexity index is 936. The van der Waals surface area contributed by atoms with Gasteiger partial charge >= 0.3 is 0 Å². The Morgan fingerprint density at radius 1 is 0.826 bits per heavy atom. The van der Waals surface area contributed by atoms with E-state index in [2.05, 4.69) is 43.9 Å². The van der Waals surface area contributed by atoms with Crippen molar-refractivity contribution >= 4 is 17.8 Å². The number of hydroxylamine groups is 1. The highest BCUT2D eigenvalue weighted by Crippen LogP contribution is 2.29. The van der Waals surface area contributed by atoms with Crippen molar-refractivity contribution in [3.8, 4) is 0 Å². The fourth-order valence-electron chi connectivity index (χ4n) is 4.64. The van der Waals surface area contributed by atoms with Crippen LogP contribution in [0.15, 0.2) is 24.5 Å². The van der Waals surface area contributed by atoms with E-state index >= 15 is 0 Å². The first-order valence-electron chi connectivity index (χ1n) is 17.9. The van der Waals surface area contributed by atoms with Crippen molar-refractivity contribution in [1.82, 2.24) is 25.4 Å². The van der Waals surface area contributed by atoms with Crippen molar-refractivity contribution in [2.45, 2.75) is 161 Å². The quantitative estimate of drug-likeness (QED) is 0.252. The summed E-state index contributed by atoms with van der Waals surface area (Å²) in [4.78, 5) is 29.1. The van der Waals surface area contributed by atoms with Gasteiger partial charge in [-0.1, -0.05) is 121 Å². The maximum atomic E-state index is 9.82. The summed E-state index contributed by atoms with van der Waals surface area (Å²) in [5.41, 5.74) is 3.93. The number of rotatable bonds is 3. The molecule has 8 heteroatoms. The first-order valence-corrected chi connectivity index (χ1v) is 17.9. The predicted molar refractivity (Wildman–Crippen MR) is 202 cm³/mol. The fraction of sp³-hybridized carbons (Fsp3) is 0.711. The van der Waals surface area contributed by atoms with Crippen LogP contribution in [-0.2, 0) is 11.2 Å². The van der Waals surface area contributed by atoms with Crippen molar-refractivity contribution in [1.29, 1.82) is 0 Å². The van der Waals surface area contributed by atoms with Crippen molar-refractivity contribution in [2.75, 3.05) is 18.0 Å². The predicted octanol–water partition coefficient (Wildman–Crippen LogP) is 10.7. The van der Waals surface area contributed by atoms with E-state index in [-0.39, 0.29) is 13.3 Å². The molecule has 2 N–H and O–H groups in total. The van der Waals surface area contributed by atoms with Crippen molar-refractivity contribution in [3.05, 3.63) is 47.4 Å². The van der Waals surface area contributed by atoms with Crippen LogP contribution in [-0.4, -0.2) is 44.1 Å². The van der Waals surface area contributed by atoms with Gasteiger partial charge in [0.1, 0.15) is 17.5 Å². The Balaban J connectivity index is -0.000000253. The molecule has 46 heavy (non-hydrogen) atoms. The molecule has 2 aromatic heterocycles. The van der Waals surface area contributed by atoms with Crippen LogP contribution in [0, 0.1) is 19.8 Å². The van der Waals surface area contributed by atoms with E-state index in [1.165, 1.54) is 74.6 Å². The molecule has 2 aliphatic carbocycles. The molecule has 0 aromatic carbocycles. The zero-order valence-corrected chi connectivity index (χ0v) is 31.2. The molecule has 2 aromatic rings. The molecule has 2 fully saturated rings. The molecule has 1 aliphatic heterocycles. The maximum Gasteiger partial charge on any atom is 0.243 e. The minimum absolute atomic E-state index is 0. The van der Waals surface area contributed by atoms with E-state index in [4.69, 9.17) is 5.21 Å². The summed E-state index contributed by atoms with van der Waals surface area (Å²) in [5, 5.41) is 7.74. The number of allylic oxidation sites excluding steroid dienone is 1. The number of hydrogen-bond acceptors (Lipinski definition) is 7. The second-order valence-corrected chi connectivity index (χ2v) is 9.71. The van der Waals surface area contributed by atoms with Gasteiger partial charge in [0.25, 0.3) is 0 Å². The number of nitrogens with zero attached hydrogens (tertiary/aromatic N) is 5. The Morgan fingerprint density at radius 2 is 1.35 bits per heavy atom. The minimum atomic E-state index is -0.352. The summed E-state index contributed by atoms with van der Waals surface area (Å²) >= 11 is 0. The molecule has 5 rings (SSSR count). The highest BCUT2D eigenvalue weighted by molar-refractivity contribution is 5.74. The van der Waals surface area contributed by atoms with Crippen LogP contribution in [0.25, 0.3) is 6.08 Å². The normalized spacial score (nSPS) is 13.5. The van der Waals surface area contributed by atoms with Gasteiger partial charge in [0.15, 0.2) is 0 Å². The van der Waals surface area contributed by atoms with Crippen molar-refractivity contribution < 1.29 is 10.0 Å². The van der Waals surface area contributed by atoms with Crippen molar-refractivity contribution in [2.24, 2.45) is 5.92 Å². The van der Waals surface area contributed by atoms with Crippen molar-refractivity contribution in [3.63, 3.8) is 0 Å². The average molecular weight is 647 g/mol. The van der Waals surface area contributed by atoms with Gasteiger partial charge in [0, 0.05) is 37.5 Å². The van der Waals surface area contributed by atoms with Crippen LogP contribution in [0.2, 0.25) is 0 Å². The minimum Gasteiger partial charge on any atom is -0.356 e. The van der Waals surface area contributed by atoms with Gasteiger partial charge < -0.3 is 4.90 Å². The third-order valence-corrected chi connectivity index (χ3v) is 6.83. The molecule has 3 aliphatic rings. The third kappa shape index (κ3) is 23.5. The maximum absolute atomic E-state index is 9.82. The number of carbonyl (C=O) groups is 1. The van der Waals surface area contributed by atoms with Gasteiger partial charge in [-0.3, -0.25) is 10.0 Å². The highest BCUT2D eigenvalue weighted by atomic mass is 16.5. The molecule has 0 bridgehead atoms. The van der Waals surface area contributed by atoms with Gasteiger partial charge in [-0.2, -0.15) is 0 Å². The van der Waals surface area contributed by atoms with E-state index in [1.54, 1.807) is 25.4 Å². The molecule has 8 nitrogen and oxygen atoms in total. The first kappa shape index (κ1) is 50.0. The molecular weight excluding hydrogens is 572 g/mol. The van der Waals surface area contributed by atoms with Crippen LogP contribution in [0.1, 0.15) is 164 Å². The molecule has 0 spiro atoms. The monoisotopic (exact) mass is 647 g/mol. The lowest BCUT2D eigenvalue weighted by Gasteiger charge is -2.29. The topological polar surface area (TPSA) is 104 Å². The lowest BCUT2D eigenvalue weighted by atomic mass is 9.88. The SMILES string of the molecule is C.CC.CC.CC.CC.CCC(=O)NO.CCC1CCCCC1.Cc1nc2c(c(N3CCCCC3)n1)CC=C2.Cc1ncccn1. The van der Waals surface area contributed by atoms with Gasteiger partial charge in [-0.15, -0.1) is 0 Å². The van der Waals surface area contributed by atoms with E-state index in [0.717, 1.165) is 42.8 Å². The second-order valence-electron chi connectivity index (χ2n) is 9.71. The second kappa shape index (κ2) is 36.6. The summed E-state index contributed by atoms with van der Waals surface area (Å²) in [7, 11) is 0. The molecule has 1 amide bonds. The Morgan fingerprint density at radius 3 is 1.74 bits per heavy atom. The number of aryl methyl sites for hydroxylation is 2. The lowest BCUT2D eigenvalue weighted by molar-refractivity contribution is -0.128. The molecule has 1 saturated carbocycles. The van der Waals surface area contributed by atoms with Crippen LogP contribution in [0.4, 0.5) is 5.82 Å². The number of fused-ring (bicyclic) bond motifs is 1. The number of nitrogens with one attached hydrogen (secondary N) is 1. The number of aromatic nitrogens is 4. The molecular formula is C38H74N6O2. The molecule has 0 unspecified atom stereocenters. The molecule has 0 atom stereocenters. The number of anilines is 1. The van der Waals surface area contributed by atoms with E-state index in [0.29, 0.717) is 6.42 Å². The van der Waals surface area contributed by atoms with Gasteiger partial charge in [-0.05, 0) is 57.6 Å². The van der Waals surface area contributed by atoms with Gasteiger partial charge in [0.05, 0.1) is 5.69 Å². The molecule has 3 heterocycles. The first-order chi connectivity index (χ1) is 22.0. The molecule has 0 radical (unpaired) electrons. The Labute approximate surface area is 285 Å². The van der Waals surface area contributed by atoms with E-state index < -0.39 is 0 Å². The lowest BCUT2D eigenvalue weighted by Crippen LogP contribution is -2.31. The van der Waals surface area contributed by atoms with E-state index in [9.17, 15) is 4.79 Å². The summed E-state index contributed by atoms with van der Waals surface area (Å²) in [6.07, 6.45) is 22.0. The largest absolute Gasteiger partial charge is 0.356 e. The summed E-state index contributed by atoms with van der Waals surface area (Å²) in [5.74, 6) is 3.64. The highest BCUT2D eigenvalue weighted by Gasteiger charge is 2.20. The van der Waals surface area contributed by atoms with Gasteiger partial charge in [-0.25, -0.2) is 25.4 Å². The molecule has 268 valence electrons. The smallest absolute Gasteiger partial charge is 0.243 e. The van der Waals surface area contributed by atoms with Crippen LogP contribution < -0.4 is 10.4 Å². The average Bonchev–Trinajstić information content (AvgIpc) is 3.61. The summed E-state index contributed by atoms with van der Waals surface area (Å²) < 4.78 is 0. The fourth-order valence-corrected chi connectivity index (χ4v) is 4.64. The summed E-state index contributed by atoms with van der Waals surface area (Å²) in [6.45, 7) is 26.1. The molecule has 1 saturated heterocycles. The van der Waals surface area contributed by atoms with Crippen LogP contribution in [0.5, 0.6) is 0 Å². The Hall–Kier alpha value is -2.87. The number of amides is 1. The van der Waals surface area contributed by atoms with E-state index in [1.807, 2.05) is 69.2 Å². The van der Waals surface area contributed by atoms with Crippen LogP contribution in [0.3, 0.4) is 0 Å². The number of hydrogen-bond donors (Lipinski definition) is 2. The zero-order chi connectivity index (χ0) is 34.9. The zero-order valence-electron chi connectivity index (χ0n) is 31.2. The Kier molecular flexibility index (Phi) is 39.8. The number of piperidine rings is 1. The summed E-state index contributed by atoms with van der Waals surface area (Å²) in [6, 6.07) is 1.80. The van der Waals surface area contributed by atoms with Crippen LogP contribution >= 0.6 is 0 Å².